The summed E-state index contributed by atoms with van der Waals surface area (Å²) in [6.45, 7) is 2.34. The van der Waals surface area contributed by atoms with Gasteiger partial charge in [-0.25, -0.2) is 4.98 Å². The molecule has 0 fully saturated rings. The fraction of sp³-hybridized carbons (Fsp3) is 0.389. The van der Waals surface area contributed by atoms with Crippen LogP contribution in [0.1, 0.15) is 15.9 Å². The third-order valence-corrected chi connectivity index (χ3v) is 3.73. The topological polar surface area (TPSA) is 74.6 Å². The van der Waals surface area contributed by atoms with Crippen LogP contribution in [0.5, 0.6) is 0 Å². The van der Waals surface area contributed by atoms with Gasteiger partial charge >= 0.3 is 0 Å². The predicted octanol–water partition coefficient (Wildman–Crippen LogP) is 0.993. The molecule has 7 nitrogen and oxygen atoms in total. The lowest BCUT2D eigenvalue weighted by atomic mass is 10.1. The summed E-state index contributed by atoms with van der Waals surface area (Å²) in [5.74, 6) is 0.785. The highest BCUT2D eigenvalue weighted by Crippen LogP contribution is 2.07. The molecule has 0 radical (unpaired) electrons. The Morgan fingerprint density at radius 1 is 1.28 bits per heavy atom. The van der Waals surface area contributed by atoms with E-state index >= 15 is 0 Å². The predicted molar refractivity (Wildman–Crippen MR) is 99.8 cm³/mol. The molecule has 7 heteroatoms. The summed E-state index contributed by atoms with van der Waals surface area (Å²) in [7, 11) is 5.27. The molecule has 1 aromatic heterocycles. The molecule has 0 saturated carbocycles. The summed E-state index contributed by atoms with van der Waals surface area (Å²) in [6, 6.07) is 7.74. The van der Waals surface area contributed by atoms with Crippen molar-refractivity contribution >= 4 is 11.9 Å². The van der Waals surface area contributed by atoms with Crippen molar-refractivity contribution in [3.05, 3.63) is 54.1 Å². The lowest BCUT2D eigenvalue weighted by molar-refractivity contribution is 0.0827. The molecule has 2 aromatic rings. The minimum absolute atomic E-state index is 0.0202. The van der Waals surface area contributed by atoms with E-state index in [1.807, 2.05) is 35.0 Å². The number of guanidine groups is 1. The summed E-state index contributed by atoms with van der Waals surface area (Å²) in [5.41, 5.74) is 1.83. The van der Waals surface area contributed by atoms with Crippen LogP contribution in [0.2, 0.25) is 0 Å². The van der Waals surface area contributed by atoms with Gasteiger partial charge in [0.25, 0.3) is 5.91 Å². The van der Waals surface area contributed by atoms with Gasteiger partial charge in [0, 0.05) is 58.7 Å². The number of imidazole rings is 1. The van der Waals surface area contributed by atoms with Crippen molar-refractivity contribution in [1.82, 2.24) is 25.1 Å². The van der Waals surface area contributed by atoms with Gasteiger partial charge in [0.1, 0.15) is 0 Å². The first kappa shape index (κ1) is 18.5. The first-order chi connectivity index (χ1) is 12.1. The quantitative estimate of drug-likeness (QED) is 0.581. The second kappa shape index (κ2) is 9.46. The summed E-state index contributed by atoms with van der Waals surface area (Å²) >= 11 is 0. The molecule has 1 heterocycles. The van der Waals surface area contributed by atoms with Crippen LogP contribution in [-0.4, -0.2) is 60.6 Å². The Hall–Kier alpha value is -2.83. The van der Waals surface area contributed by atoms with E-state index in [4.69, 9.17) is 0 Å². The number of hydrogen-bond donors (Lipinski definition) is 2. The number of carbonyl (C=O) groups is 1. The Morgan fingerprint density at radius 2 is 2.08 bits per heavy atom. The largest absolute Gasteiger partial charge is 0.356 e. The number of benzene rings is 1. The number of rotatable bonds is 7. The Bertz CT molecular complexity index is 693. The number of carbonyl (C=O) groups excluding carboxylic acids is 1. The first-order valence-corrected chi connectivity index (χ1v) is 8.31. The molecule has 0 aliphatic carbocycles. The van der Waals surface area contributed by atoms with Crippen molar-refractivity contribution in [2.75, 3.05) is 34.2 Å². The highest BCUT2D eigenvalue weighted by Gasteiger charge is 2.08. The van der Waals surface area contributed by atoms with Gasteiger partial charge in [-0.05, 0) is 24.1 Å². The summed E-state index contributed by atoms with van der Waals surface area (Å²) in [4.78, 5) is 21.8. The normalized spacial score (nSPS) is 11.2. The van der Waals surface area contributed by atoms with Crippen molar-refractivity contribution in [1.29, 1.82) is 0 Å². The minimum Gasteiger partial charge on any atom is -0.356 e. The number of nitrogens with zero attached hydrogens (tertiary/aromatic N) is 4. The SMILES string of the molecule is CN=C(NCCc1cccc(C(=O)N(C)C)c1)NCCn1ccnc1. The van der Waals surface area contributed by atoms with Crippen LogP contribution in [-0.2, 0) is 13.0 Å². The van der Waals surface area contributed by atoms with Crippen molar-refractivity contribution in [2.45, 2.75) is 13.0 Å². The van der Waals surface area contributed by atoms with Gasteiger partial charge in [-0.2, -0.15) is 0 Å². The fourth-order valence-electron chi connectivity index (χ4n) is 2.39. The average Bonchev–Trinajstić information content (AvgIpc) is 3.13. The average molecular weight is 342 g/mol. The third-order valence-electron chi connectivity index (χ3n) is 3.73. The van der Waals surface area contributed by atoms with Crippen LogP contribution in [0.25, 0.3) is 0 Å². The molecule has 1 amide bonds. The van der Waals surface area contributed by atoms with Crippen molar-refractivity contribution in [2.24, 2.45) is 4.99 Å². The van der Waals surface area contributed by atoms with Gasteiger partial charge in [-0.15, -0.1) is 0 Å². The molecular formula is C18H26N6O. The van der Waals surface area contributed by atoms with E-state index in [9.17, 15) is 4.79 Å². The molecule has 0 saturated heterocycles. The summed E-state index contributed by atoms with van der Waals surface area (Å²) in [6.07, 6.45) is 6.30. The van der Waals surface area contributed by atoms with Crippen LogP contribution in [0.4, 0.5) is 0 Å². The third kappa shape index (κ3) is 5.95. The fourth-order valence-corrected chi connectivity index (χ4v) is 2.39. The molecule has 0 atom stereocenters. The molecule has 1 aromatic carbocycles. The Balaban J connectivity index is 1.76. The van der Waals surface area contributed by atoms with Crippen LogP contribution >= 0.6 is 0 Å². The zero-order chi connectivity index (χ0) is 18.1. The van der Waals surface area contributed by atoms with Crippen molar-refractivity contribution in [3.63, 3.8) is 0 Å². The highest BCUT2D eigenvalue weighted by molar-refractivity contribution is 5.94. The molecule has 0 bridgehead atoms. The molecule has 0 unspecified atom stereocenters. The van der Waals surface area contributed by atoms with E-state index in [2.05, 4.69) is 20.6 Å². The van der Waals surface area contributed by atoms with Gasteiger partial charge in [-0.1, -0.05) is 12.1 Å². The Labute approximate surface area is 148 Å². The van der Waals surface area contributed by atoms with Gasteiger partial charge in [-0.3, -0.25) is 9.79 Å². The monoisotopic (exact) mass is 342 g/mol. The van der Waals surface area contributed by atoms with E-state index in [1.54, 1.807) is 38.6 Å². The van der Waals surface area contributed by atoms with E-state index in [0.717, 1.165) is 37.6 Å². The second-order valence-corrected chi connectivity index (χ2v) is 5.88. The van der Waals surface area contributed by atoms with E-state index < -0.39 is 0 Å². The lowest BCUT2D eigenvalue weighted by Gasteiger charge is -2.13. The summed E-state index contributed by atoms with van der Waals surface area (Å²) < 4.78 is 2.01. The van der Waals surface area contributed by atoms with Crippen molar-refractivity contribution in [3.8, 4) is 0 Å². The molecular weight excluding hydrogens is 316 g/mol. The number of aliphatic imine (C=N–C) groups is 1. The first-order valence-electron chi connectivity index (χ1n) is 8.31. The number of aromatic nitrogens is 2. The lowest BCUT2D eigenvalue weighted by Crippen LogP contribution is -2.39. The maximum atomic E-state index is 12.0. The second-order valence-electron chi connectivity index (χ2n) is 5.88. The van der Waals surface area contributed by atoms with Crippen LogP contribution in [0, 0.1) is 0 Å². The molecule has 0 aliphatic rings. The van der Waals surface area contributed by atoms with Crippen molar-refractivity contribution < 1.29 is 4.79 Å². The molecule has 25 heavy (non-hydrogen) atoms. The van der Waals surface area contributed by atoms with Gasteiger partial charge in [0.05, 0.1) is 6.33 Å². The van der Waals surface area contributed by atoms with Crippen LogP contribution in [0.15, 0.2) is 48.0 Å². The molecule has 2 N–H and O–H groups in total. The van der Waals surface area contributed by atoms with Gasteiger partial charge in [0.15, 0.2) is 5.96 Å². The maximum absolute atomic E-state index is 12.0. The minimum atomic E-state index is 0.0202. The van der Waals surface area contributed by atoms with Gasteiger partial charge < -0.3 is 20.1 Å². The maximum Gasteiger partial charge on any atom is 0.253 e. The molecule has 0 aliphatic heterocycles. The van der Waals surface area contributed by atoms with Crippen LogP contribution in [0.3, 0.4) is 0 Å². The molecule has 0 spiro atoms. The Kier molecular flexibility index (Phi) is 7.00. The molecule has 134 valence electrons. The van der Waals surface area contributed by atoms with E-state index in [0.29, 0.717) is 5.56 Å². The van der Waals surface area contributed by atoms with E-state index in [1.165, 1.54) is 0 Å². The molecule has 2 rings (SSSR count). The smallest absolute Gasteiger partial charge is 0.253 e. The zero-order valence-corrected chi connectivity index (χ0v) is 15.1. The van der Waals surface area contributed by atoms with E-state index in [-0.39, 0.29) is 5.91 Å². The number of amides is 1. The van der Waals surface area contributed by atoms with Gasteiger partial charge in [0.2, 0.25) is 0 Å². The summed E-state index contributed by atoms with van der Waals surface area (Å²) in [5, 5.41) is 6.56. The number of nitrogens with one attached hydrogen (secondary N) is 2. The highest BCUT2D eigenvalue weighted by atomic mass is 16.2. The van der Waals surface area contributed by atoms with Crippen LogP contribution < -0.4 is 10.6 Å². The Morgan fingerprint density at radius 3 is 2.76 bits per heavy atom. The number of hydrogen-bond acceptors (Lipinski definition) is 3. The standard InChI is InChI=1S/C18H26N6O/c1-19-18(22-10-12-24-11-9-20-14-24)21-8-7-15-5-4-6-16(13-15)17(25)23(2)3/h4-6,9,11,13-14H,7-8,10,12H2,1-3H3,(H2,19,21,22). The zero-order valence-electron chi connectivity index (χ0n) is 15.1.